The number of benzene rings is 2. The Labute approximate surface area is 173 Å². The highest BCUT2D eigenvalue weighted by Crippen LogP contribution is 2.31. The number of methoxy groups -OCH3 is 2. The van der Waals surface area contributed by atoms with Gasteiger partial charge in [-0.05, 0) is 80.0 Å². The maximum absolute atomic E-state index is 12.8. The Morgan fingerprint density at radius 1 is 1.00 bits per heavy atom. The summed E-state index contributed by atoms with van der Waals surface area (Å²) in [6.45, 7) is 3.83. The highest BCUT2D eigenvalue weighted by molar-refractivity contribution is 5.81. The van der Waals surface area contributed by atoms with Crippen molar-refractivity contribution in [3.63, 3.8) is 0 Å². The van der Waals surface area contributed by atoms with Crippen LogP contribution in [0.3, 0.4) is 0 Å². The fourth-order valence-electron chi connectivity index (χ4n) is 3.82. The number of amides is 1. The molecule has 0 radical (unpaired) electrons. The van der Waals surface area contributed by atoms with Crippen LogP contribution in [-0.4, -0.2) is 26.2 Å². The molecule has 0 aliphatic heterocycles. The van der Waals surface area contributed by atoms with Gasteiger partial charge in [0.25, 0.3) is 5.91 Å². The van der Waals surface area contributed by atoms with Crippen molar-refractivity contribution in [1.29, 1.82) is 0 Å². The molecule has 2 atom stereocenters. The Kier molecular flexibility index (Phi) is 7.02. The van der Waals surface area contributed by atoms with Crippen LogP contribution < -0.4 is 19.5 Å². The van der Waals surface area contributed by atoms with Crippen LogP contribution in [0.5, 0.6) is 17.2 Å². The molecule has 0 aromatic heterocycles. The second kappa shape index (κ2) is 9.68. The second-order valence-electron chi connectivity index (χ2n) is 7.48. The average molecular weight is 398 g/mol. The predicted molar refractivity (Wildman–Crippen MR) is 114 cm³/mol. The third kappa shape index (κ3) is 5.03. The Hall–Kier alpha value is -2.69. The summed E-state index contributed by atoms with van der Waals surface area (Å²) in [6.07, 6.45) is 4.87. The number of aryl methyl sites for hydroxylation is 2. The van der Waals surface area contributed by atoms with Crippen molar-refractivity contribution >= 4 is 5.91 Å². The maximum atomic E-state index is 12.8. The van der Waals surface area contributed by atoms with E-state index in [4.69, 9.17) is 14.2 Å². The lowest BCUT2D eigenvalue weighted by atomic mass is 9.92. The number of ether oxygens (including phenoxy) is 3. The summed E-state index contributed by atoms with van der Waals surface area (Å²) < 4.78 is 16.6. The van der Waals surface area contributed by atoms with Gasteiger partial charge in [0.15, 0.2) is 17.6 Å². The number of nitrogens with one attached hydrogen (secondary N) is 1. The van der Waals surface area contributed by atoms with Crippen LogP contribution in [0.15, 0.2) is 36.4 Å². The number of fused-ring (bicyclic) bond motifs is 1. The van der Waals surface area contributed by atoms with Crippen LogP contribution in [0.2, 0.25) is 0 Å². The van der Waals surface area contributed by atoms with Crippen molar-refractivity contribution in [2.45, 2.75) is 58.1 Å². The van der Waals surface area contributed by atoms with Crippen LogP contribution in [-0.2, 0) is 17.6 Å². The van der Waals surface area contributed by atoms with Gasteiger partial charge in [0.05, 0.1) is 20.3 Å². The predicted octanol–water partition coefficient (Wildman–Crippen LogP) is 4.62. The highest BCUT2D eigenvalue weighted by Gasteiger charge is 2.21. The molecule has 0 heterocycles. The van der Waals surface area contributed by atoms with Crippen molar-refractivity contribution in [3.8, 4) is 17.2 Å². The van der Waals surface area contributed by atoms with Crippen molar-refractivity contribution in [2.24, 2.45) is 0 Å². The third-order valence-corrected chi connectivity index (χ3v) is 5.54. The van der Waals surface area contributed by atoms with Crippen molar-refractivity contribution in [1.82, 2.24) is 5.32 Å². The molecule has 29 heavy (non-hydrogen) atoms. The molecule has 0 unspecified atom stereocenters. The van der Waals surface area contributed by atoms with Crippen LogP contribution in [0.4, 0.5) is 0 Å². The van der Waals surface area contributed by atoms with Gasteiger partial charge >= 0.3 is 0 Å². The van der Waals surface area contributed by atoms with Crippen molar-refractivity contribution < 1.29 is 19.0 Å². The summed E-state index contributed by atoms with van der Waals surface area (Å²) in [7, 11) is 3.21. The molecule has 1 aliphatic carbocycles. The zero-order valence-electron chi connectivity index (χ0n) is 17.8. The van der Waals surface area contributed by atoms with Crippen LogP contribution in [0, 0.1) is 0 Å². The molecule has 1 N–H and O–H groups in total. The normalized spacial score (nSPS) is 15.0. The van der Waals surface area contributed by atoms with Gasteiger partial charge in [0, 0.05) is 0 Å². The van der Waals surface area contributed by atoms with Gasteiger partial charge in [0.1, 0.15) is 5.75 Å². The standard InChI is InChI=1S/C24H31NO4/c1-5-21(19-11-13-22(27-3)23(15-19)28-4)25-24(26)16(2)29-20-12-10-17-8-6-7-9-18(17)14-20/h10-16,21H,5-9H2,1-4H3,(H,25,26)/t16-,21-/m1/s1. The second-order valence-corrected chi connectivity index (χ2v) is 7.48. The molecule has 3 rings (SSSR count). The molecular weight excluding hydrogens is 366 g/mol. The van der Waals surface area contributed by atoms with Gasteiger partial charge in [-0.1, -0.05) is 19.1 Å². The molecule has 1 amide bonds. The van der Waals surface area contributed by atoms with E-state index < -0.39 is 6.10 Å². The van der Waals surface area contributed by atoms with E-state index in [1.54, 1.807) is 21.1 Å². The van der Waals surface area contributed by atoms with E-state index in [1.807, 2.05) is 31.2 Å². The molecule has 0 spiro atoms. The minimum atomic E-state index is -0.578. The first kappa shape index (κ1) is 21.0. The molecule has 5 nitrogen and oxygen atoms in total. The Balaban J connectivity index is 1.66. The summed E-state index contributed by atoms with van der Waals surface area (Å²) in [5.74, 6) is 1.94. The van der Waals surface area contributed by atoms with Gasteiger partial charge in [-0.15, -0.1) is 0 Å². The monoisotopic (exact) mass is 397 g/mol. The minimum Gasteiger partial charge on any atom is -0.493 e. The van der Waals surface area contributed by atoms with E-state index in [2.05, 4.69) is 17.4 Å². The maximum Gasteiger partial charge on any atom is 0.261 e. The number of hydrogen-bond donors (Lipinski definition) is 1. The SMILES string of the molecule is CC[C@@H](NC(=O)[C@@H](C)Oc1ccc2c(c1)CCCC2)c1ccc(OC)c(OC)c1. The summed E-state index contributed by atoms with van der Waals surface area (Å²) >= 11 is 0. The number of hydrogen-bond acceptors (Lipinski definition) is 4. The van der Waals surface area contributed by atoms with Gasteiger partial charge in [-0.25, -0.2) is 0 Å². The molecule has 2 aromatic rings. The summed E-state index contributed by atoms with van der Waals surface area (Å²) in [5.41, 5.74) is 3.72. The molecule has 2 aromatic carbocycles. The molecule has 156 valence electrons. The van der Waals surface area contributed by atoms with Crippen LogP contribution in [0.1, 0.15) is 55.8 Å². The lowest BCUT2D eigenvalue weighted by molar-refractivity contribution is -0.128. The first-order valence-electron chi connectivity index (χ1n) is 10.4. The molecule has 0 bridgehead atoms. The number of carbonyl (C=O) groups is 1. The molecule has 0 fully saturated rings. The van der Waals surface area contributed by atoms with Crippen molar-refractivity contribution in [2.75, 3.05) is 14.2 Å². The van der Waals surface area contributed by atoms with Crippen molar-refractivity contribution in [3.05, 3.63) is 53.1 Å². The molecule has 0 saturated heterocycles. The van der Waals surface area contributed by atoms with Gasteiger partial charge in [-0.2, -0.15) is 0 Å². The quantitative estimate of drug-likeness (QED) is 0.706. The smallest absolute Gasteiger partial charge is 0.261 e. The van der Waals surface area contributed by atoms with Crippen LogP contribution in [0.25, 0.3) is 0 Å². The summed E-state index contributed by atoms with van der Waals surface area (Å²) in [4.78, 5) is 12.8. The van der Waals surface area contributed by atoms with E-state index in [0.29, 0.717) is 11.5 Å². The molecule has 5 heteroatoms. The first-order valence-corrected chi connectivity index (χ1v) is 10.4. The average Bonchev–Trinajstić information content (AvgIpc) is 2.76. The largest absolute Gasteiger partial charge is 0.493 e. The molecule has 1 aliphatic rings. The fraction of sp³-hybridized carbons (Fsp3) is 0.458. The summed E-state index contributed by atoms with van der Waals surface area (Å²) in [6, 6.07) is 11.8. The van der Waals surface area contributed by atoms with E-state index >= 15 is 0 Å². The van der Waals surface area contributed by atoms with E-state index in [1.165, 1.54) is 24.0 Å². The highest BCUT2D eigenvalue weighted by atomic mass is 16.5. The lowest BCUT2D eigenvalue weighted by Crippen LogP contribution is -2.38. The van der Waals surface area contributed by atoms with E-state index in [0.717, 1.165) is 30.6 Å². The minimum absolute atomic E-state index is 0.128. The van der Waals surface area contributed by atoms with E-state index in [-0.39, 0.29) is 11.9 Å². The van der Waals surface area contributed by atoms with E-state index in [9.17, 15) is 4.79 Å². The zero-order valence-corrected chi connectivity index (χ0v) is 17.8. The fourth-order valence-corrected chi connectivity index (χ4v) is 3.82. The Morgan fingerprint density at radius 2 is 1.72 bits per heavy atom. The van der Waals surface area contributed by atoms with Gasteiger partial charge in [0.2, 0.25) is 0 Å². The van der Waals surface area contributed by atoms with Gasteiger partial charge < -0.3 is 19.5 Å². The Bertz CT molecular complexity index is 849. The lowest BCUT2D eigenvalue weighted by Gasteiger charge is -2.22. The molecular formula is C24H31NO4. The Morgan fingerprint density at radius 3 is 2.41 bits per heavy atom. The molecule has 0 saturated carbocycles. The first-order chi connectivity index (χ1) is 14.0. The summed E-state index contributed by atoms with van der Waals surface area (Å²) in [5, 5.41) is 3.09. The topological polar surface area (TPSA) is 56.8 Å². The third-order valence-electron chi connectivity index (χ3n) is 5.54. The zero-order chi connectivity index (χ0) is 20.8. The van der Waals surface area contributed by atoms with Gasteiger partial charge in [-0.3, -0.25) is 4.79 Å². The number of carbonyl (C=O) groups excluding carboxylic acids is 1. The number of rotatable bonds is 8. The van der Waals surface area contributed by atoms with Crippen LogP contribution >= 0.6 is 0 Å².